The summed E-state index contributed by atoms with van der Waals surface area (Å²) in [4.78, 5) is 25.6. The number of rotatable bonds is 64. The van der Waals surface area contributed by atoms with Crippen molar-refractivity contribution >= 4 is 13.7 Å². The van der Waals surface area contributed by atoms with Gasteiger partial charge in [0.25, 0.3) is 7.82 Å². The number of carbonyl (C=O) groups is 1. The van der Waals surface area contributed by atoms with E-state index in [9.17, 15) is 19.4 Å². The maximum Gasteiger partial charge on any atom is 0.268 e. The monoisotopic (exact) mass is 1240 g/mol. The van der Waals surface area contributed by atoms with Gasteiger partial charge >= 0.3 is 0 Å². The molecule has 0 spiro atoms. The molecule has 0 aliphatic rings. The van der Waals surface area contributed by atoms with Crippen LogP contribution < -0.4 is 10.2 Å². The van der Waals surface area contributed by atoms with E-state index in [2.05, 4.69) is 165 Å². The van der Waals surface area contributed by atoms with Crippen LogP contribution in [0.4, 0.5) is 0 Å². The maximum atomic E-state index is 13.0. The number of hydrogen-bond acceptors (Lipinski definition) is 6. The predicted molar refractivity (Wildman–Crippen MR) is 384 cm³/mol. The molecule has 0 aromatic heterocycles. The third kappa shape index (κ3) is 69.6. The van der Waals surface area contributed by atoms with Gasteiger partial charge in [0.2, 0.25) is 5.91 Å². The van der Waals surface area contributed by atoms with Crippen molar-refractivity contribution in [1.82, 2.24) is 5.32 Å². The highest BCUT2D eigenvalue weighted by atomic mass is 31.2. The Kier molecular flexibility index (Phi) is 64.5. The molecular formula is C79H135N2O6P. The second-order valence-corrected chi connectivity index (χ2v) is 26.3. The summed E-state index contributed by atoms with van der Waals surface area (Å²) in [5.41, 5.74) is 0. The Hall–Kier alpha value is -3.88. The molecule has 9 heteroatoms. The third-order valence-electron chi connectivity index (χ3n) is 15.2. The van der Waals surface area contributed by atoms with Gasteiger partial charge in [0.1, 0.15) is 13.2 Å². The van der Waals surface area contributed by atoms with E-state index < -0.39 is 26.6 Å². The average molecular weight is 1240 g/mol. The molecule has 0 radical (unpaired) electrons. The van der Waals surface area contributed by atoms with Gasteiger partial charge in [0.05, 0.1) is 39.9 Å². The zero-order chi connectivity index (χ0) is 64.1. The third-order valence-corrected chi connectivity index (χ3v) is 16.2. The van der Waals surface area contributed by atoms with E-state index in [4.69, 9.17) is 9.05 Å². The Morgan fingerprint density at radius 2 is 0.693 bits per heavy atom. The second-order valence-electron chi connectivity index (χ2n) is 24.9. The van der Waals surface area contributed by atoms with E-state index in [1.807, 2.05) is 27.2 Å². The molecule has 0 aromatic rings. The van der Waals surface area contributed by atoms with E-state index in [-0.39, 0.29) is 18.9 Å². The Labute approximate surface area is 543 Å². The number of aliphatic hydroxyl groups excluding tert-OH is 1. The fraction of sp³-hybridized carbons (Fsp3) is 0.658. The minimum Gasteiger partial charge on any atom is -0.756 e. The standard InChI is InChI=1S/C79H135N2O6P/c1-6-8-10-12-14-16-18-20-22-24-26-28-30-32-34-35-36-37-38-39-40-41-42-43-44-45-47-49-51-53-55-57-59-61-63-65-67-69-71-73-79(83)80-77(76-87-88(84,85)86-75-74-81(3,4)5)78(82)72-70-68-66-64-62-60-58-56-54-52-50-48-46-33-31-29-27-25-23-21-19-17-15-13-11-9-7-2/h8,10,14,16,20,22,26,28,32,34,36-37,39-40,42-43,45,47,51,53,57,59,63,65,70,72,77-78,82H,6-7,9,11-13,15,17-19,21,23-25,27,29-31,33,35,38,41,44,46,48-50,52,54-56,58,60-62,64,66-69,71,73-76H2,1-5H3,(H-,80,83,84,85)/b10-8-,16-14-,22-20-,28-26-,34-32-,37-36-,40-39-,43-42-,47-45-,53-51-,59-57-,65-63-,72-70+. The summed E-state index contributed by atoms with van der Waals surface area (Å²) in [6.45, 7) is 4.51. The van der Waals surface area contributed by atoms with Crippen molar-refractivity contribution in [3.05, 3.63) is 158 Å². The molecule has 0 saturated heterocycles. The Morgan fingerprint density at radius 3 is 1.01 bits per heavy atom. The topological polar surface area (TPSA) is 108 Å². The van der Waals surface area contributed by atoms with Crippen LogP contribution >= 0.6 is 7.82 Å². The van der Waals surface area contributed by atoms with Crippen LogP contribution in [0, 0.1) is 0 Å². The van der Waals surface area contributed by atoms with Gasteiger partial charge in [-0.05, 0) is 109 Å². The highest BCUT2D eigenvalue weighted by molar-refractivity contribution is 7.45. The van der Waals surface area contributed by atoms with Gasteiger partial charge in [-0.3, -0.25) is 9.36 Å². The number of aliphatic hydroxyl groups is 1. The summed E-state index contributed by atoms with van der Waals surface area (Å²) in [7, 11) is 1.22. The average Bonchev–Trinajstić information content (AvgIpc) is 3.70. The van der Waals surface area contributed by atoms with Crippen LogP contribution in [-0.2, 0) is 18.4 Å². The summed E-state index contributed by atoms with van der Waals surface area (Å²) in [5.74, 6) is -0.243. The fourth-order valence-corrected chi connectivity index (χ4v) is 10.4. The predicted octanol–water partition coefficient (Wildman–Crippen LogP) is 22.7. The number of quaternary nitrogens is 1. The van der Waals surface area contributed by atoms with Crippen LogP contribution in [0.15, 0.2) is 158 Å². The molecule has 0 aliphatic carbocycles. The Balaban J connectivity index is 4.23. The highest BCUT2D eigenvalue weighted by Crippen LogP contribution is 2.38. The number of carbonyl (C=O) groups excluding carboxylic acids is 1. The van der Waals surface area contributed by atoms with Crippen LogP contribution in [0.25, 0.3) is 0 Å². The zero-order valence-corrected chi connectivity index (χ0v) is 58.3. The molecule has 1 amide bonds. The first-order chi connectivity index (χ1) is 43.0. The number of allylic oxidation sites excluding steroid dienone is 25. The number of unbranched alkanes of at least 4 members (excludes halogenated alkanes) is 27. The van der Waals surface area contributed by atoms with Gasteiger partial charge < -0.3 is 28.8 Å². The van der Waals surface area contributed by atoms with Gasteiger partial charge in [-0.1, -0.05) is 326 Å². The van der Waals surface area contributed by atoms with Crippen LogP contribution in [0.2, 0.25) is 0 Å². The molecule has 0 heterocycles. The number of hydrogen-bond donors (Lipinski definition) is 2. The molecule has 0 fully saturated rings. The van der Waals surface area contributed by atoms with E-state index in [1.165, 1.54) is 148 Å². The molecule has 88 heavy (non-hydrogen) atoms. The van der Waals surface area contributed by atoms with E-state index >= 15 is 0 Å². The largest absolute Gasteiger partial charge is 0.756 e. The van der Waals surface area contributed by atoms with E-state index in [0.717, 1.165) is 109 Å². The number of amides is 1. The van der Waals surface area contributed by atoms with E-state index in [0.29, 0.717) is 17.4 Å². The van der Waals surface area contributed by atoms with Gasteiger partial charge in [-0.15, -0.1) is 0 Å². The summed E-state index contributed by atoms with van der Waals surface area (Å²) >= 11 is 0. The number of nitrogens with one attached hydrogen (secondary N) is 1. The molecule has 0 aliphatic heterocycles. The van der Waals surface area contributed by atoms with Crippen LogP contribution in [0.5, 0.6) is 0 Å². The SMILES string of the molecule is CC/C=C\C/C=C\C/C=C\C/C=C\C/C=C\C/C=C\C/C=C\C/C=C\C/C=C\C/C=C\C/C=C\C/C=C\CCCCC(=O)NC(COP(=O)([O-])OCC[N+](C)(C)C)C(O)/C=C/CCCCCCCCCCCCCCCCCCCCCCCCCCC. The lowest BCUT2D eigenvalue weighted by atomic mass is 10.0. The normalized spacial score (nSPS) is 14.6. The van der Waals surface area contributed by atoms with Crippen molar-refractivity contribution in [2.24, 2.45) is 0 Å². The number of phosphoric acid groups is 1. The lowest BCUT2D eigenvalue weighted by molar-refractivity contribution is -0.870. The second kappa shape index (κ2) is 67.5. The van der Waals surface area contributed by atoms with Crippen LogP contribution in [0.3, 0.4) is 0 Å². The maximum absolute atomic E-state index is 13.0. The minimum absolute atomic E-state index is 0.0176. The molecule has 0 aromatic carbocycles. The van der Waals surface area contributed by atoms with Crippen molar-refractivity contribution < 1.29 is 32.9 Å². The smallest absolute Gasteiger partial charge is 0.268 e. The molecule has 0 saturated carbocycles. The zero-order valence-electron chi connectivity index (χ0n) is 57.4. The molecule has 8 nitrogen and oxygen atoms in total. The minimum atomic E-state index is -4.63. The number of likely N-dealkylation sites (N-methyl/N-ethyl adjacent to an activating group) is 1. The van der Waals surface area contributed by atoms with Crippen LogP contribution in [-0.4, -0.2) is 68.5 Å². The van der Waals surface area contributed by atoms with Gasteiger partial charge in [-0.25, -0.2) is 0 Å². The lowest BCUT2D eigenvalue weighted by Gasteiger charge is -2.29. The first-order valence-corrected chi connectivity index (χ1v) is 37.3. The lowest BCUT2D eigenvalue weighted by Crippen LogP contribution is -2.45. The Morgan fingerprint density at radius 1 is 0.409 bits per heavy atom. The number of nitrogens with zero attached hydrogens (tertiary/aromatic N) is 1. The van der Waals surface area contributed by atoms with Crippen LogP contribution in [0.1, 0.15) is 284 Å². The molecule has 3 atom stereocenters. The van der Waals surface area contributed by atoms with Crippen molar-refractivity contribution in [1.29, 1.82) is 0 Å². The summed E-state index contributed by atoms with van der Waals surface area (Å²) in [5, 5.41) is 13.9. The molecule has 2 N–H and O–H groups in total. The Bertz CT molecular complexity index is 1990. The summed E-state index contributed by atoms with van der Waals surface area (Å²) in [6.07, 6.45) is 105. The van der Waals surface area contributed by atoms with Crippen molar-refractivity contribution in [3.63, 3.8) is 0 Å². The first kappa shape index (κ1) is 84.1. The highest BCUT2D eigenvalue weighted by Gasteiger charge is 2.23. The molecular weight excluding hydrogens is 1100 g/mol. The molecule has 0 rings (SSSR count). The molecule has 3 unspecified atom stereocenters. The number of phosphoric ester groups is 1. The first-order valence-electron chi connectivity index (χ1n) is 35.8. The molecule has 0 bridgehead atoms. The van der Waals surface area contributed by atoms with Gasteiger partial charge in [0.15, 0.2) is 0 Å². The van der Waals surface area contributed by atoms with Gasteiger partial charge in [-0.2, -0.15) is 0 Å². The van der Waals surface area contributed by atoms with Crippen molar-refractivity contribution in [3.8, 4) is 0 Å². The molecule has 502 valence electrons. The van der Waals surface area contributed by atoms with Gasteiger partial charge in [0, 0.05) is 6.42 Å². The van der Waals surface area contributed by atoms with E-state index in [1.54, 1.807) is 6.08 Å². The van der Waals surface area contributed by atoms with Crippen molar-refractivity contribution in [2.45, 2.75) is 296 Å². The summed E-state index contributed by atoms with van der Waals surface area (Å²) in [6, 6.07) is -0.924. The summed E-state index contributed by atoms with van der Waals surface area (Å²) < 4.78 is 23.4. The quantitative estimate of drug-likeness (QED) is 0.0272. The fourth-order valence-electron chi connectivity index (χ4n) is 9.72. The van der Waals surface area contributed by atoms with Crippen molar-refractivity contribution in [2.75, 3.05) is 40.9 Å².